The first-order valence-electron chi connectivity index (χ1n) is 13.5. The van der Waals surface area contributed by atoms with Crippen LogP contribution >= 0.6 is 0 Å². The fourth-order valence-corrected chi connectivity index (χ4v) is 4.33. The molecule has 2 aromatic heterocycles. The van der Waals surface area contributed by atoms with Crippen LogP contribution in [0.4, 0.5) is 0 Å². The number of hydrogen-bond donors (Lipinski definition) is 2. The summed E-state index contributed by atoms with van der Waals surface area (Å²) in [4.78, 5) is 32.8. The van der Waals surface area contributed by atoms with E-state index < -0.39 is 18.0 Å². The molecule has 0 saturated heterocycles. The number of carbonyl (C=O) groups is 2. The number of carbonyl (C=O) groups excluding carboxylic acids is 1. The topological polar surface area (TPSA) is 138 Å². The molecule has 9 nitrogen and oxygen atoms in total. The maximum absolute atomic E-state index is 12.5. The molecule has 0 aliphatic rings. The van der Waals surface area contributed by atoms with Crippen LogP contribution in [0.25, 0.3) is 22.7 Å². The Kier molecular flexibility index (Phi) is 9.52. The molecule has 0 amide bonds. The number of nitrogens with zero attached hydrogens (tertiary/aromatic N) is 2. The number of carboxylic acid groups (broad SMARTS) is 1. The quantitative estimate of drug-likeness (QED) is 0.213. The lowest BCUT2D eigenvalue weighted by Crippen LogP contribution is -2.27. The molecule has 2 aromatic carbocycles. The van der Waals surface area contributed by atoms with E-state index in [1.165, 1.54) is 0 Å². The largest absolute Gasteiger partial charge is 0.493 e. The number of esters is 1. The summed E-state index contributed by atoms with van der Waals surface area (Å²) in [5.41, 5.74) is 12.0. The van der Waals surface area contributed by atoms with Crippen LogP contribution in [-0.2, 0) is 27.2 Å². The third kappa shape index (κ3) is 7.79. The molecule has 0 fully saturated rings. The summed E-state index contributed by atoms with van der Waals surface area (Å²) in [5.74, 6) is 0.226. The van der Waals surface area contributed by atoms with Crippen LogP contribution < -0.4 is 10.5 Å². The molecule has 4 rings (SSSR count). The van der Waals surface area contributed by atoms with Crippen molar-refractivity contribution in [3.8, 4) is 28.5 Å². The molecule has 2 heterocycles. The van der Waals surface area contributed by atoms with Crippen molar-refractivity contribution in [3.05, 3.63) is 88.9 Å². The van der Waals surface area contributed by atoms with Gasteiger partial charge in [-0.1, -0.05) is 24.3 Å². The van der Waals surface area contributed by atoms with E-state index in [4.69, 9.17) is 24.7 Å². The second kappa shape index (κ2) is 13.2. The maximum atomic E-state index is 12.5. The zero-order valence-electron chi connectivity index (χ0n) is 23.7. The van der Waals surface area contributed by atoms with Gasteiger partial charge in [-0.15, -0.1) is 0 Å². The molecule has 4 aromatic rings. The van der Waals surface area contributed by atoms with E-state index in [0.29, 0.717) is 41.6 Å². The summed E-state index contributed by atoms with van der Waals surface area (Å²) in [6.45, 7) is 7.67. The molecule has 0 saturated carbocycles. The summed E-state index contributed by atoms with van der Waals surface area (Å²) in [6.07, 6.45) is 2.17. The van der Waals surface area contributed by atoms with Gasteiger partial charge in [0.25, 0.3) is 0 Å². The minimum atomic E-state index is -1.06. The van der Waals surface area contributed by atoms with Crippen molar-refractivity contribution in [3.63, 3.8) is 0 Å². The lowest BCUT2D eigenvalue weighted by molar-refractivity contribution is -0.149. The number of benzene rings is 2. The van der Waals surface area contributed by atoms with E-state index in [1.54, 1.807) is 32.0 Å². The SMILES string of the molecule is Cc1ccc(-c2ccc(-c3nc(CCOc4ccc(CCC(=O)O)c(C(N)C(=O)OC(C)C)c4)c(C)o3)cc2)nc1. The number of carboxylic acids is 1. The summed E-state index contributed by atoms with van der Waals surface area (Å²) in [5, 5.41) is 9.11. The van der Waals surface area contributed by atoms with Crippen molar-refractivity contribution in [1.82, 2.24) is 9.97 Å². The number of aromatic nitrogens is 2. The number of nitrogens with two attached hydrogens (primary N) is 1. The van der Waals surface area contributed by atoms with E-state index in [1.807, 2.05) is 56.4 Å². The summed E-state index contributed by atoms with van der Waals surface area (Å²) >= 11 is 0. The maximum Gasteiger partial charge on any atom is 0.327 e. The number of oxazole rings is 1. The lowest BCUT2D eigenvalue weighted by atomic mass is 9.97. The Morgan fingerprint density at radius 3 is 2.39 bits per heavy atom. The average molecular weight is 558 g/mol. The Labute approximate surface area is 239 Å². The number of hydrogen-bond acceptors (Lipinski definition) is 8. The summed E-state index contributed by atoms with van der Waals surface area (Å²) < 4.78 is 17.2. The molecule has 0 radical (unpaired) electrons. The van der Waals surface area contributed by atoms with Gasteiger partial charge in [-0.05, 0) is 81.1 Å². The first kappa shape index (κ1) is 29.5. The van der Waals surface area contributed by atoms with Gasteiger partial charge >= 0.3 is 11.9 Å². The van der Waals surface area contributed by atoms with Crippen molar-refractivity contribution in [2.45, 2.75) is 59.1 Å². The minimum absolute atomic E-state index is 0.0848. The van der Waals surface area contributed by atoms with Crippen LogP contribution in [0.2, 0.25) is 0 Å². The van der Waals surface area contributed by atoms with Gasteiger partial charge in [0.2, 0.25) is 5.89 Å². The molecule has 0 aliphatic carbocycles. The van der Waals surface area contributed by atoms with Crippen molar-refractivity contribution < 1.29 is 28.6 Å². The Balaban J connectivity index is 1.43. The molecule has 0 spiro atoms. The summed E-state index contributed by atoms with van der Waals surface area (Å²) in [7, 11) is 0. The zero-order valence-corrected chi connectivity index (χ0v) is 23.7. The van der Waals surface area contributed by atoms with Gasteiger partial charge in [-0.2, -0.15) is 0 Å². The number of aryl methyl sites for hydroxylation is 3. The molecular formula is C32H35N3O6. The molecule has 0 aliphatic heterocycles. The van der Waals surface area contributed by atoms with Crippen LogP contribution in [0.15, 0.2) is 65.2 Å². The number of aliphatic carboxylic acids is 1. The number of pyridine rings is 1. The fourth-order valence-electron chi connectivity index (χ4n) is 4.33. The second-order valence-corrected chi connectivity index (χ2v) is 10.1. The third-order valence-corrected chi connectivity index (χ3v) is 6.51. The second-order valence-electron chi connectivity index (χ2n) is 10.1. The van der Waals surface area contributed by atoms with Gasteiger partial charge in [0, 0.05) is 30.2 Å². The van der Waals surface area contributed by atoms with Gasteiger partial charge in [0.15, 0.2) is 0 Å². The van der Waals surface area contributed by atoms with Crippen molar-refractivity contribution >= 4 is 11.9 Å². The van der Waals surface area contributed by atoms with E-state index in [2.05, 4.69) is 9.97 Å². The number of rotatable bonds is 12. The van der Waals surface area contributed by atoms with Crippen LogP contribution in [-0.4, -0.2) is 39.7 Å². The molecule has 3 N–H and O–H groups in total. The zero-order chi connectivity index (χ0) is 29.5. The fraction of sp³-hybridized carbons (Fsp3) is 0.312. The standard InChI is InChI=1S/C32H35N3O6/c1-19(2)40-32(38)30(33)26-17-25(12-10-22(26)11-14-29(36)37)39-16-15-27-21(4)41-31(35-27)24-8-6-23(7-9-24)28-13-5-20(3)18-34-28/h5-10,12-13,17-19,30H,11,14-16,33H2,1-4H3,(H,36,37). The van der Waals surface area contributed by atoms with Crippen LogP contribution in [0.3, 0.4) is 0 Å². The van der Waals surface area contributed by atoms with Gasteiger partial charge in [-0.25, -0.2) is 9.78 Å². The van der Waals surface area contributed by atoms with Gasteiger partial charge in [0.1, 0.15) is 17.6 Å². The van der Waals surface area contributed by atoms with Crippen molar-refractivity contribution in [2.24, 2.45) is 5.73 Å². The van der Waals surface area contributed by atoms with Crippen LogP contribution in [0.5, 0.6) is 5.75 Å². The first-order chi connectivity index (χ1) is 19.6. The highest BCUT2D eigenvalue weighted by atomic mass is 16.5. The molecule has 214 valence electrons. The van der Waals surface area contributed by atoms with Crippen LogP contribution in [0.1, 0.15) is 54.5 Å². The highest BCUT2D eigenvalue weighted by molar-refractivity contribution is 5.78. The van der Waals surface area contributed by atoms with Crippen LogP contribution in [0, 0.1) is 13.8 Å². The van der Waals surface area contributed by atoms with Gasteiger partial charge < -0.3 is 24.7 Å². The normalized spacial score (nSPS) is 11.9. The Bertz CT molecular complexity index is 1490. The highest BCUT2D eigenvalue weighted by Crippen LogP contribution is 2.27. The average Bonchev–Trinajstić information content (AvgIpc) is 3.32. The Hall–Kier alpha value is -4.50. The van der Waals surface area contributed by atoms with Crippen molar-refractivity contribution in [2.75, 3.05) is 6.61 Å². The first-order valence-corrected chi connectivity index (χ1v) is 13.5. The Morgan fingerprint density at radius 1 is 1.00 bits per heavy atom. The summed E-state index contributed by atoms with van der Waals surface area (Å²) in [6, 6.07) is 16.0. The van der Waals surface area contributed by atoms with Crippen molar-refractivity contribution in [1.29, 1.82) is 0 Å². The molecule has 1 atom stereocenters. The minimum Gasteiger partial charge on any atom is -0.493 e. The smallest absolute Gasteiger partial charge is 0.327 e. The third-order valence-electron chi connectivity index (χ3n) is 6.51. The monoisotopic (exact) mass is 557 g/mol. The Morgan fingerprint density at radius 2 is 1.73 bits per heavy atom. The molecule has 1 unspecified atom stereocenters. The number of ether oxygens (including phenoxy) is 2. The predicted octanol–water partition coefficient (Wildman–Crippen LogP) is 5.61. The van der Waals surface area contributed by atoms with E-state index in [9.17, 15) is 9.59 Å². The molecule has 9 heteroatoms. The lowest BCUT2D eigenvalue weighted by Gasteiger charge is -2.18. The molecular weight excluding hydrogens is 522 g/mol. The van der Waals surface area contributed by atoms with Gasteiger partial charge in [-0.3, -0.25) is 9.78 Å². The molecule has 41 heavy (non-hydrogen) atoms. The molecule has 0 bridgehead atoms. The predicted molar refractivity (Wildman–Crippen MR) is 154 cm³/mol. The van der Waals surface area contributed by atoms with E-state index >= 15 is 0 Å². The van der Waals surface area contributed by atoms with Gasteiger partial charge in [0.05, 0.1) is 24.1 Å². The highest BCUT2D eigenvalue weighted by Gasteiger charge is 2.23. The van der Waals surface area contributed by atoms with E-state index in [-0.39, 0.29) is 18.9 Å². The van der Waals surface area contributed by atoms with E-state index in [0.717, 1.165) is 28.1 Å².